The van der Waals surface area contributed by atoms with Crippen molar-refractivity contribution in [2.24, 2.45) is 0 Å². The number of ether oxygens (including phenoxy) is 1. The van der Waals surface area contributed by atoms with E-state index in [1.807, 2.05) is 4.68 Å². The Bertz CT molecular complexity index is 310. The van der Waals surface area contributed by atoms with Crippen LogP contribution in [0.4, 0.5) is 0 Å². The van der Waals surface area contributed by atoms with Gasteiger partial charge in [0.05, 0.1) is 22.5 Å². The predicted molar refractivity (Wildman–Crippen MR) is 64.9 cm³/mol. The summed E-state index contributed by atoms with van der Waals surface area (Å²) in [4.78, 5) is 0. The van der Waals surface area contributed by atoms with E-state index in [-0.39, 0.29) is 0 Å². The molecule has 0 saturated heterocycles. The third-order valence-electron chi connectivity index (χ3n) is 2.28. The van der Waals surface area contributed by atoms with Crippen molar-refractivity contribution >= 4 is 15.9 Å². The number of aromatic nitrogens is 2. The summed E-state index contributed by atoms with van der Waals surface area (Å²) in [6, 6.07) is 0. The van der Waals surface area contributed by atoms with Gasteiger partial charge in [0.2, 0.25) is 0 Å². The summed E-state index contributed by atoms with van der Waals surface area (Å²) >= 11 is 3.59. The predicted octanol–water partition coefficient (Wildman–Crippen LogP) is 3.15. The molecule has 0 aromatic carbocycles. The summed E-state index contributed by atoms with van der Waals surface area (Å²) in [6.07, 6.45) is 2.01. The zero-order valence-electron chi connectivity index (χ0n) is 9.72. The van der Waals surface area contributed by atoms with Crippen LogP contribution in [0.2, 0.25) is 0 Å². The van der Waals surface area contributed by atoms with Crippen LogP contribution in [-0.4, -0.2) is 16.4 Å². The summed E-state index contributed by atoms with van der Waals surface area (Å²) in [7, 11) is 0. The maximum Gasteiger partial charge on any atom is 0.0896 e. The van der Waals surface area contributed by atoms with Crippen LogP contribution < -0.4 is 0 Å². The van der Waals surface area contributed by atoms with E-state index < -0.39 is 0 Å². The van der Waals surface area contributed by atoms with Crippen molar-refractivity contribution in [3.63, 3.8) is 0 Å². The average Bonchev–Trinajstić information content (AvgIpc) is 2.56. The Morgan fingerprint density at radius 3 is 2.60 bits per heavy atom. The van der Waals surface area contributed by atoms with Gasteiger partial charge in [-0.3, -0.25) is 4.68 Å². The number of hydrogen-bond acceptors (Lipinski definition) is 2. The monoisotopic (exact) mass is 274 g/mol. The van der Waals surface area contributed by atoms with Gasteiger partial charge in [0, 0.05) is 13.2 Å². The minimum atomic E-state index is 0.648. The molecule has 15 heavy (non-hydrogen) atoms. The summed E-state index contributed by atoms with van der Waals surface area (Å²) in [5, 5.41) is 4.52. The van der Waals surface area contributed by atoms with Gasteiger partial charge in [0.15, 0.2) is 0 Å². The molecule has 1 aromatic rings. The van der Waals surface area contributed by atoms with Crippen molar-refractivity contribution in [3.05, 3.63) is 15.9 Å². The lowest BCUT2D eigenvalue weighted by Crippen LogP contribution is -2.05. The maximum absolute atomic E-state index is 5.56. The molecule has 0 radical (unpaired) electrons. The SMILES string of the molecule is CCCOCc1c(Br)c(CC)nn1CC. The van der Waals surface area contributed by atoms with Crippen LogP contribution in [-0.2, 0) is 24.3 Å². The summed E-state index contributed by atoms with van der Waals surface area (Å²) < 4.78 is 8.69. The second-order valence-electron chi connectivity index (χ2n) is 3.43. The van der Waals surface area contributed by atoms with Crippen LogP contribution in [0.15, 0.2) is 4.47 Å². The molecule has 0 atom stereocenters. The average molecular weight is 275 g/mol. The zero-order chi connectivity index (χ0) is 11.3. The summed E-state index contributed by atoms with van der Waals surface area (Å²) in [6.45, 7) is 8.68. The van der Waals surface area contributed by atoms with Gasteiger partial charge in [-0.1, -0.05) is 13.8 Å². The Morgan fingerprint density at radius 2 is 2.07 bits per heavy atom. The standard InChI is InChI=1S/C11H19BrN2O/c1-4-7-15-8-10-11(12)9(5-2)13-14(10)6-3/h4-8H2,1-3H3. The Hall–Kier alpha value is -0.350. The molecule has 0 unspecified atom stereocenters. The first-order chi connectivity index (χ1) is 7.24. The highest BCUT2D eigenvalue weighted by Crippen LogP contribution is 2.22. The number of nitrogens with zero attached hydrogens (tertiary/aromatic N) is 2. The molecule has 0 N–H and O–H groups in total. The molecular weight excluding hydrogens is 256 g/mol. The highest BCUT2D eigenvalue weighted by atomic mass is 79.9. The van der Waals surface area contributed by atoms with Crippen LogP contribution in [0, 0.1) is 0 Å². The van der Waals surface area contributed by atoms with Gasteiger partial charge in [0.25, 0.3) is 0 Å². The van der Waals surface area contributed by atoms with Crippen LogP contribution in [0.1, 0.15) is 38.6 Å². The van der Waals surface area contributed by atoms with Crippen LogP contribution in [0.25, 0.3) is 0 Å². The van der Waals surface area contributed by atoms with Crippen LogP contribution in [0.5, 0.6) is 0 Å². The maximum atomic E-state index is 5.56. The Balaban J connectivity index is 2.78. The fourth-order valence-corrected chi connectivity index (χ4v) is 2.15. The highest BCUT2D eigenvalue weighted by Gasteiger charge is 2.13. The van der Waals surface area contributed by atoms with E-state index >= 15 is 0 Å². The van der Waals surface area contributed by atoms with E-state index in [0.717, 1.165) is 41.9 Å². The second kappa shape index (κ2) is 6.28. The van der Waals surface area contributed by atoms with Gasteiger partial charge in [-0.05, 0) is 35.7 Å². The summed E-state index contributed by atoms with van der Waals surface area (Å²) in [5.74, 6) is 0. The molecule has 0 spiro atoms. The van der Waals surface area contributed by atoms with Gasteiger partial charge in [-0.2, -0.15) is 5.10 Å². The van der Waals surface area contributed by atoms with Crippen LogP contribution >= 0.6 is 15.9 Å². The zero-order valence-corrected chi connectivity index (χ0v) is 11.3. The van der Waals surface area contributed by atoms with Gasteiger partial charge >= 0.3 is 0 Å². The van der Waals surface area contributed by atoms with Gasteiger partial charge < -0.3 is 4.74 Å². The topological polar surface area (TPSA) is 27.1 Å². The highest BCUT2D eigenvalue weighted by molar-refractivity contribution is 9.10. The normalized spacial score (nSPS) is 10.9. The molecule has 1 rings (SSSR count). The Labute approximate surface area is 99.9 Å². The molecule has 0 fully saturated rings. The van der Waals surface area contributed by atoms with Gasteiger partial charge in [0.1, 0.15) is 0 Å². The number of rotatable bonds is 6. The molecule has 1 heterocycles. The lowest BCUT2D eigenvalue weighted by molar-refractivity contribution is 0.115. The van der Waals surface area contributed by atoms with E-state index in [4.69, 9.17) is 4.74 Å². The summed E-state index contributed by atoms with van der Waals surface area (Å²) in [5.41, 5.74) is 2.27. The fraction of sp³-hybridized carbons (Fsp3) is 0.727. The van der Waals surface area contributed by atoms with Crippen molar-refractivity contribution in [1.82, 2.24) is 9.78 Å². The molecule has 0 aliphatic carbocycles. The molecule has 0 amide bonds. The smallest absolute Gasteiger partial charge is 0.0896 e. The van der Waals surface area contributed by atoms with Crippen LogP contribution in [0.3, 0.4) is 0 Å². The van der Waals surface area contributed by atoms with E-state index in [0.29, 0.717) is 6.61 Å². The van der Waals surface area contributed by atoms with Crippen molar-refractivity contribution in [3.8, 4) is 0 Å². The van der Waals surface area contributed by atoms with Crippen molar-refractivity contribution in [2.75, 3.05) is 6.61 Å². The van der Waals surface area contributed by atoms with Crippen molar-refractivity contribution in [1.29, 1.82) is 0 Å². The third kappa shape index (κ3) is 3.05. The quantitative estimate of drug-likeness (QED) is 0.746. The largest absolute Gasteiger partial charge is 0.375 e. The number of aryl methyl sites for hydroxylation is 2. The molecule has 86 valence electrons. The molecule has 4 heteroatoms. The third-order valence-corrected chi connectivity index (χ3v) is 3.20. The minimum absolute atomic E-state index is 0.648. The van der Waals surface area contributed by atoms with E-state index in [2.05, 4.69) is 41.8 Å². The Kier molecular flexibility index (Phi) is 5.32. The first kappa shape index (κ1) is 12.7. The lowest BCUT2D eigenvalue weighted by atomic mass is 10.3. The van der Waals surface area contributed by atoms with E-state index in [9.17, 15) is 0 Å². The van der Waals surface area contributed by atoms with Crippen molar-refractivity contribution < 1.29 is 4.74 Å². The fourth-order valence-electron chi connectivity index (χ4n) is 1.47. The first-order valence-corrected chi connectivity index (χ1v) is 6.35. The molecule has 0 saturated carbocycles. The van der Waals surface area contributed by atoms with Gasteiger partial charge in [-0.25, -0.2) is 0 Å². The Morgan fingerprint density at radius 1 is 1.33 bits per heavy atom. The minimum Gasteiger partial charge on any atom is -0.375 e. The number of halogens is 1. The first-order valence-electron chi connectivity index (χ1n) is 5.56. The molecular formula is C11H19BrN2O. The molecule has 1 aromatic heterocycles. The molecule has 0 aliphatic heterocycles. The van der Waals surface area contributed by atoms with E-state index in [1.165, 1.54) is 0 Å². The van der Waals surface area contributed by atoms with Gasteiger partial charge in [-0.15, -0.1) is 0 Å². The lowest BCUT2D eigenvalue weighted by Gasteiger charge is -2.05. The molecule has 3 nitrogen and oxygen atoms in total. The number of hydrogen-bond donors (Lipinski definition) is 0. The molecule has 0 bridgehead atoms. The molecule has 0 aliphatic rings. The van der Waals surface area contributed by atoms with E-state index in [1.54, 1.807) is 0 Å². The second-order valence-corrected chi connectivity index (χ2v) is 4.22. The van der Waals surface area contributed by atoms with Crippen molar-refractivity contribution in [2.45, 2.75) is 46.8 Å².